The number of aromatic nitrogens is 2. The summed E-state index contributed by atoms with van der Waals surface area (Å²) in [6.07, 6.45) is 9.58. The molecule has 64 heavy (non-hydrogen) atoms. The van der Waals surface area contributed by atoms with E-state index in [1.807, 2.05) is 18.2 Å². The fourth-order valence-electron chi connectivity index (χ4n) is 9.63. The van der Waals surface area contributed by atoms with Gasteiger partial charge in [-0.25, -0.2) is 18.1 Å². The van der Waals surface area contributed by atoms with E-state index < -0.39 is 25.7 Å². The Balaban J connectivity index is 0.938. The largest absolute Gasteiger partial charge is 0.493 e. The van der Waals surface area contributed by atoms with Crippen LogP contribution in [-0.2, 0) is 21.2 Å². The molecule has 0 saturated carbocycles. The van der Waals surface area contributed by atoms with Gasteiger partial charge in [0.15, 0.2) is 0 Å². The molecule has 0 spiro atoms. The Hall–Kier alpha value is -5.48. The van der Waals surface area contributed by atoms with Crippen LogP contribution in [0.3, 0.4) is 0 Å². The van der Waals surface area contributed by atoms with Gasteiger partial charge in [0, 0.05) is 86.4 Å². The number of hydrogen-bond donors (Lipinski definition) is 2. The van der Waals surface area contributed by atoms with Crippen molar-refractivity contribution >= 4 is 55.5 Å². The lowest BCUT2D eigenvalue weighted by molar-refractivity contribution is -0.386. The monoisotopic (exact) mass is 908 g/mol. The summed E-state index contributed by atoms with van der Waals surface area (Å²) < 4.78 is 47.8. The van der Waals surface area contributed by atoms with Crippen LogP contribution in [-0.4, -0.2) is 86.7 Å². The van der Waals surface area contributed by atoms with Crippen LogP contribution in [0.25, 0.3) is 16.6 Å². The minimum Gasteiger partial charge on any atom is -0.493 e. The Morgan fingerprint density at radius 1 is 1.03 bits per heavy atom. The maximum atomic E-state index is 14.1. The van der Waals surface area contributed by atoms with Crippen molar-refractivity contribution in [2.24, 2.45) is 17.3 Å². The normalized spacial score (nSPS) is 19.5. The van der Waals surface area contributed by atoms with Gasteiger partial charge in [0.25, 0.3) is 21.6 Å². The van der Waals surface area contributed by atoms with Crippen LogP contribution in [0.2, 0.25) is 5.02 Å². The fourth-order valence-corrected chi connectivity index (χ4v) is 10.8. The van der Waals surface area contributed by atoms with Crippen molar-refractivity contribution in [2.45, 2.75) is 63.7 Å². The van der Waals surface area contributed by atoms with Gasteiger partial charge in [0.2, 0.25) is 0 Å². The molecule has 3 aromatic carbocycles. The molecule has 14 nitrogen and oxygen atoms in total. The molecule has 1 unspecified atom stereocenters. The predicted molar refractivity (Wildman–Crippen MR) is 246 cm³/mol. The zero-order valence-electron chi connectivity index (χ0n) is 36.1. The van der Waals surface area contributed by atoms with Crippen molar-refractivity contribution < 1.29 is 32.3 Å². The Labute approximate surface area is 378 Å². The van der Waals surface area contributed by atoms with E-state index in [0.717, 1.165) is 93.4 Å². The highest BCUT2D eigenvalue weighted by atomic mass is 35.5. The number of carbonyl (C=O) groups is 1. The van der Waals surface area contributed by atoms with E-state index in [0.29, 0.717) is 49.1 Å². The highest BCUT2D eigenvalue weighted by Gasteiger charge is 2.34. The number of nitro groups is 1. The number of nitrogens with zero attached hydrogens (tertiary/aromatic N) is 4. The third kappa shape index (κ3) is 9.77. The second-order valence-electron chi connectivity index (χ2n) is 18.3. The van der Waals surface area contributed by atoms with E-state index in [1.165, 1.54) is 29.0 Å². The van der Waals surface area contributed by atoms with E-state index in [4.69, 9.17) is 25.8 Å². The lowest BCUT2D eigenvalue weighted by Crippen LogP contribution is -2.47. The first kappa shape index (κ1) is 43.8. The van der Waals surface area contributed by atoms with Crippen molar-refractivity contribution in [2.75, 3.05) is 57.4 Å². The minimum atomic E-state index is -4.62. The van der Waals surface area contributed by atoms with Crippen molar-refractivity contribution in [3.05, 3.63) is 117 Å². The van der Waals surface area contributed by atoms with Crippen molar-refractivity contribution in [3.8, 4) is 17.2 Å². The Bertz CT molecular complexity index is 2710. The maximum Gasteiger partial charge on any atom is 0.277 e. The smallest absolute Gasteiger partial charge is 0.277 e. The first-order valence-electron chi connectivity index (χ1n) is 22.1. The standard InChI is InChI=1S/C48H53ClN6O8S/c1-48(2)13-9-35(42(27-48)33-3-5-36(49)6-4-33)29-53-15-17-54(18-16-53)37-7-8-40(45(24-37)63-38-23-34-10-14-50-46(34)51-28-38)47(56)52-64(59,60)39-25-43(55(57)58)41-22-32(30-62-44(41)26-39)21-31-11-19-61-20-12-31/h3-8,10,14,23-26,28,31-32H,9,11-13,15-22,27,29-30H2,1-2H3,(H,50,51)(H,52,56). The van der Waals surface area contributed by atoms with Crippen LogP contribution >= 0.6 is 11.6 Å². The summed E-state index contributed by atoms with van der Waals surface area (Å²) in [6.45, 7) is 10.3. The second-order valence-corrected chi connectivity index (χ2v) is 20.5. The molecule has 5 aromatic rings. The lowest BCUT2D eigenvalue weighted by atomic mass is 9.72. The molecule has 16 heteroatoms. The molecule has 1 atom stereocenters. The number of H-pyrrole nitrogens is 1. The number of allylic oxidation sites excluding steroid dienone is 1. The summed E-state index contributed by atoms with van der Waals surface area (Å²) in [5, 5.41) is 13.9. The molecule has 2 fully saturated rings. The molecule has 9 rings (SSSR count). The zero-order chi connectivity index (χ0) is 44.6. The molecule has 2 N–H and O–H groups in total. The summed E-state index contributed by atoms with van der Waals surface area (Å²) in [5.41, 5.74) is 5.76. The number of carbonyl (C=O) groups excluding carboxylic acids is 1. The highest BCUT2D eigenvalue weighted by molar-refractivity contribution is 7.90. The average molecular weight is 910 g/mol. The van der Waals surface area contributed by atoms with Crippen LogP contribution in [0.15, 0.2) is 89.6 Å². The second kappa shape index (κ2) is 18.2. The quantitative estimate of drug-likeness (QED) is 0.0904. The van der Waals surface area contributed by atoms with Crippen molar-refractivity contribution in [3.63, 3.8) is 0 Å². The highest BCUT2D eigenvalue weighted by Crippen LogP contribution is 2.44. The third-order valence-electron chi connectivity index (χ3n) is 13.2. The number of benzene rings is 3. The Kier molecular flexibility index (Phi) is 12.4. The number of aromatic amines is 1. The number of hydrogen-bond acceptors (Lipinski definition) is 11. The van der Waals surface area contributed by atoms with Gasteiger partial charge in [0.05, 0.1) is 33.7 Å². The SMILES string of the molecule is CC1(C)CCC(CN2CCN(c3ccc(C(=O)NS(=O)(=O)c4cc5c(c([N+](=O)[O-])c4)CC(CC4CCOCC4)CO5)c(Oc4cnc5[nH]ccc5c4)c3)CC2)=C(c2ccc(Cl)cc2)C1. The average Bonchev–Trinajstić information content (AvgIpc) is 3.75. The number of nitro benzene ring substituents is 1. The number of ether oxygens (including phenoxy) is 3. The van der Waals surface area contributed by atoms with Crippen LogP contribution in [0.5, 0.6) is 17.2 Å². The van der Waals surface area contributed by atoms with Crippen LogP contribution in [0, 0.1) is 27.4 Å². The number of anilines is 1. The summed E-state index contributed by atoms with van der Waals surface area (Å²) in [7, 11) is -4.62. The first-order chi connectivity index (χ1) is 30.8. The van der Waals surface area contributed by atoms with E-state index in [2.05, 4.69) is 50.5 Å². The van der Waals surface area contributed by atoms with Gasteiger partial charge >= 0.3 is 0 Å². The van der Waals surface area contributed by atoms with Gasteiger partial charge in [-0.05, 0) is 110 Å². The number of pyridine rings is 1. The predicted octanol–water partition coefficient (Wildman–Crippen LogP) is 9.19. The van der Waals surface area contributed by atoms with Gasteiger partial charge in [0.1, 0.15) is 22.9 Å². The number of rotatable bonds is 12. The van der Waals surface area contributed by atoms with Crippen molar-refractivity contribution in [1.29, 1.82) is 0 Å². The van der Waals surface area contributed by atoms with Gasteiger partial charge < -0.3 is 24.1 Å². The van der Waals surface area contributed by atoms with E-state index >= 15 is 0 Å². The number of halogens is 1. The molecular formula is C48H53ClN6O8S. The Morgan fingerprint density at radius 2 is 1.81 bits per heavy atom. The lowest BCUT2D eigenvalue weighted by Gasteiger charge is -2.39. The number of piperazine rings is 1. The molecule has 5 heterocycles. The van der Waals surface area contributed by atoms with Crippen molar-refractivity contribution in [1.82, 2.24) is 19.6 Å². The topological polar surface area (TPSA) is 169 Å². The van der Waals surface area contributed by atoms with Gasteiger partial charge in [-0.15, -0.1) is 0 Å². The van der Waals surface area contributed by atoms with E-state index in [9.17, 15) is 23.3 Å². The number of sulfonamides is 1. The minimum absolute atomic E-state index is 0.0401. The van der Waals surface area contributed by atoms with Gasteiger partial charge in [-0.1, -0.05) is 43.2 Å². The van der Waals surface area contributed by atoms with Gasteiger partial charge in [-0.3, -0.25) is 19.8 Å². The molecule has 2 saturated heterocycles. The summed E-state index contributed by atoms with van der Waals surface area (Å²) >= 11 is 6.25. The van der Waals surface area contributed by atoms with E-state index in [1.54, 1.807) is 30.5 Å². The van der Waals surface area contributed by atoms with Crippen LogP contribution in [0.1, 0.15) is 73.9 Å². The zero-order valence-corrected chi connectivity index (χ0v) is 37.7. The summed E-state index contributed by atoms with van der Waals surface area (Å²) in [6, 6.07) is 19.2. The van der Waals surface area contributed by atoms with E-state index in [-0.39, 0.29) is 34.1 Å². The third-order valence-corrected chi connectivity index (χ3v) is 14.8. The molecule has 0 radical (unpaired) electrons. The molecule has 3 aliphatic heterocycles. The van der Waals surface area contributed by atoms with Gasteiger partial charge in [-0.2, -0.15) is 0 Å². The van der Waals surface area contributed by atoms with Crippen LogP contribution < -0.4 is 19.1 Å². The Morgan fingerprint density at radius 3 is 2.58 bits per heavy atom. The molecule has 2 aromatic heterocycles. The summed E-state index contributed by atoms with van der Waals surface area (Å²) in [4.78, 5) is 37.6. The molecule has 336 valence electrons. The first-order valence-corrected chi connectivity index (χ1v) is 23.9. The molecule has 1 amide bonds. The summed E-state index contributed by atoms with van der Waals surface area (Å²) in [5.74, 6) is 0.145. The molecule has 4 aliphatic rings. The molecular weight excluding hydrogens is 856 g/mol. The number of nitrogens with one attached hydrogen (secondary N) is 2. The maximum absolute atomic E-state index is 14.1. The van der Waals surface area contributed by atoms with Crippen LogP contribution in [0.4, 0.5) is 11.4 Å². The molecule has 1 aliphatic carbocycles. The number of amides is 1. The molecule has 0 bridgehead atoms. The number of fused-ring (bicyclic) bond motifs is 2. The fraction of sp³-hybridized carbons (Fsp3) is 0.417.